The lowest BCUT2D eigenvalue weighted by Gasteiger charge is -2.27. The number of hydrogen-bond donors (Lipinski definition) is 3. The van der Waals surface area contributed by atoms with Crippen LogP contribution in [0.3, 0.4) is 0 Å². The fraction of sp³-hybridized carbons (Fsp3) is 0.474. The zero-order valence-electron chi connectivity index (χ0n) is 15.3. The van der Waals surface area contributed by atoms with Gasteiger partial charge in [-0.25, -0.2) is 0 Å². The highest BCUT2D eigenvalue weighted by Gasteiger charge is 2.44. The molecule has 2 unspecified atom stereocenters. The second kappa shape index (κ2) is 7.33. The molecule has 9 heteroatoms. The van der Waals surface area contributed by atoms with Crippen LogP contribution in [-0.2, 0) is 9.59 Å². The first-order valence-corrected chi connectivity index (χ1v) is 9.41. The summed E-state index contributed by atoms with van der Waals surface area (Å²) >= 11 is 0. The molecular formula is C19H22N4O5. The highest BCUT2D eigenvalue weighted by molar-refractivity contribution is 6.23. The van der Waals surface area contributed by atoms with Gasteiger partial charge in [-0.15, -0.1) is 0 Å². The van der Waals surface area contributed by atoms with Gasteiger partial charge in [0.05, 0.1) is 11.1 Å². The number of amides is 4. The number of piperidine rings is 1. The first kappa shape index (κ1) is 18.6. The van der Waals surface area contributed by atoms with Crippen molar-refractivity contribution in [3.05, 3.63) is 29.3 Å². The summed E-state index contributed by atoms with van der Waals surface area (Å²) in [6, 6.07) is 4.12. The second-order valence-electron chi connectivity index (χ2n) is 7.38. The van der Waals surface area contributed by atoms with Gasteiger partial charge in [-0.2, -0.15) is 0 Å². The lowest BCUT2D eigenvalue weighted by Crippen LogP contribution is -2.54. The lowest BCUT2D eigenvalue weighted by molar-refractivity contribution is -0.136. The maximum absolute atomic E-state index is 12.9. The van der Waals surface area contributed by atoms with Gasteiger partial charge in [0.15, 0.2) is 0 Å². The van der Waals surface area contributed by atoms with Crippen molar-refractivity contribution < 1.29 is 24.3 Å². The number of nitrogens with zero attached hydrogens (tertiary/aromatic N) is 2. The van der Waals surface area contributed by atoms with Gasteiger partial charge in [0.1, 0.15) is 6.04 Å². The number of aliphatic hydroxyl groups is 1. The van der Waals surface area contributed by atoms with E-state index in [1.807, 2.05) is 0 Å². The molecule has 4 amide bonds. The first-order chi connectivity index (χ1) is 13.5. The summed E-state index contributed by atoms with van der Waals surface area (Å²) in [7, 11) is 0. The highest BCUT2D eigenvalue weighted by Crippen LogP contribution is 2.31. The third-order valence-corrected chi connectivity index (χ3v) is 5.52. The van der Waals surface area contributed by atoms with E-state index in [1.165, 1.54) is 0 Å². The Morgan fingerprint density at radius 2 is 1.89 bits per heavy atom. The summed E-state index contributed by atoms with van der Waals surface area (Å²) in [5.74, 6) is -1.95. The van der Waals surface area contributed by atoms with Crippen LogP contribution < -0.4 is 15.5 Å². The molecular weight excluding hydrogens is 364 g/mol. The molecule has 2 saturated heterocycles. The predicted octanol–water partition coefficient (Wildman–Crippen LogP) is -0.894. The molecule has 2 fully saturated rings. The standard InChI is InChI=1S/C19H22N4O5/c24-10-11-8-20-5-6-22(9-11)12-1-2-13-14(7-12)19(28)23(18(13)27)15-3-4-16(25)21-17(15)26/h1-2,7,11,15,20,24H,3-6,8-10H2,(H,21,25,26). The number of benzene rings is 1. The number of hydrogen-bond acceptors (Lipinski definition) is 7. The predicted molar refractivity (Wildman–Crippen MR) is 98.8 cm³/mol. The Morgan fingerprint density at radius 3 is 2.64 bits per heavy atom. The summed E-state index contributed by atoms with van der Waals surface area (Å²) in [4.78, 5) is 52.2. The Bertz CT molecular complexity index is 855. The van der Waals surface area contributed by atoms with E-state index in [-0.39, 0.29) is 36.5 Å². The molecule has 0 radical (unpaired) electrons. The average Bonchev–Trinajstić information content (AvgIpc) is 2.85. The third kappa shape index (κ3) is 3.16. The topological polar surface area (TPSA) is 119 Å². The van der Waals surface area contributed by atoms with E-state index in [0.717, 1.165) is 23.7 Å². The highest BCUT2D eigenvalue weighted by atomic mass is 16.3. The van der Waals surface area contributed by atoms with Crippen LogP contribution in [0.25, 0.3) is 0 Å². The number of carbonyl (C=O) groups excluding carboxylic acids is 4. The number of rotatable bonds is 3. The minimum absolute atomic E-state index is 0.0646. The van der Waals surface area contributed by atoms with Gasteiger partial charge in [0, 0.05) is 50.8 Å². The van der Waals surface area contributed by atoms with E-state index in [0.29, 0.717) is 13.1 Å². The van der Waals surface area contributed by atoms with Gasteiger partial charge in [0.2, 0.25) is 11.8 Å². The van der Waals surface area contributed by atoms with Crippen LogP contribution in [0.1, 0.15) is 33.6 Å². The summed E-state index contributed by atoms with van der Waals surface area (Å²) in [6.07, 6.45) is 0.233. The monoisotopic (exact) mass is 386 g/mol. The molecule has 3 aliphatic rings. The van der Waals surface area contributed by atoms with Gasteiger partial charge in [-0.3, -0.25) is 29.4 Å². The zero-order valence-corrected chi connectivity index (χ0v) is 15.3. The molecule has 28 heavy (non-hydrogen) atoms. The van der Waals surface area contributed by atoms with E-state index < -0.39 is 29.7 Å². The maximum atomic E-state index is 12.9. The van der Waals surface area contributed by atoms with Crippen molar-refractivity contribution in [3.8, 4) is 0 Å². The van der Waals surface area contributed by atoms with Crippen molar-refractivity contribution in [1.29, 1.82) is 0 Å². The summed E-state index contributed by atoms with van der Waals surface area (Å²) < 4.78 is 0. The molecule has 9 nitrogen and oxygen atoms in total. The van der Waals surface area contributed by atoms with Crippen molar-refractivity contribution in [2.75, 3.05) is 37.7 Å². The molecule has 3 heterocycles. The van der Waals surface area contributed by atoms with Gasteiger partial charge >= 0.3 is 0 Å². The van der Waals surface area contributed by atoms with Crippen LogP contribution >= 0.6 is 0 Å². The largest absolute Gasteiger partial charge is 0.396 e. The summed E-state index contributed by atoms with van der Waals surface area (Å²) in [5.41, 5.74) is 1.34. The Balaban J connectivity index is 1.60. The third-order valence-electron chi connectivity index (χ3n) is 5.52. The number of nitrogens with one attached hydrogen (secondary N) is 2. The van der Waals surface area contributed by atoms with Crippen LogP contribution in [0.5, 0.6) is 0 Å². The number of carbonyl (C=O) groups is 4. The molecule has 2 atom stereocenters. The Hall–Kier alpha value is -2.78. The number of fused-ring (bicyclic) bond motifs is 1. The van der Waals surface area contributed by atoms with Crippen LogP contribution in [0.2, 0.25) is 0 Å². The smallest absolute Gasteiger partial charge is 0.262 e. The zero-order chi connectivity index (χ0) is 19.8. The second-order valence-corrected chi connectivity index (χ2v) is 7.38. The molecule has 4 rings (SSSR count). The van der Waals surface area contributed by atoms with Crippen molar-refractivity contribution >= 4 is 29.3 Å². The normalized spacial score (nSPS) is 25.6. The van der Waals surface area contributed by atoms with E-state index in [2.05, 4.69) is 15.5 Å². The minimum Gasteiger partial charge on any atom is -0.396 e. The Morgan fingerprint density at radius 1 is 1.11 bits per heavy atom. The molecule has 0 aromatic heterocycles. The van der Waals surface area contributed by atoms with Crippen molar-refractivity contribution in [3.63, 3.8) is 0 Å². The molecule has 1 aromatic rings. The fourth-order valence-corrected chi connectivity index (χ4v) is 4.00. The van der Waals surface area contributed by atoms with Crippen molar-refractivity contribution in [1.82, 2.24) is 15.5 Å². The summed E-state index contributed by atoms with van der Waals surface area (Å²) in [6.45, 7) is 2.90. The van der Waals surface area contributed by atoms with Gasteiger partial charge < -0.3 is 15.3 Å². The van der Waals surface area contributed by atoms with Crippen molar-refractivity contribution in [2.45, 2.75) is 18.9 Å². The lowest BCUT2D eigenvalue weighted by atomic mass is 10.0. The molecule has 148 valence electrons. The average molecular weight is 386 g/mol. The van der Waals surface area contributed by atoms with E-state index in [1.54, 1.807) is 18.2 Å². The van der Waals surface area contributed by atoms with Crippen molar-refractivity contribution in [2.24, 2.45) is 5.92 Å². The molecule has 1 aromatic carbocycles. The van der Waals surface area contributed by atoms with Crippen LogP contribution in [0.15, 0.2) is 18.2 Å². The van der Waals surface area contributed by atoms with E-state index in [4.69, 9.17) is 0 Å². The quantitative estimate of drug-likeness (QED) is 0.577. The molecule has 0 aliphatic carbocycles. The van der Waals surface area contributed by atoms with Crippen LogP contribution in [0, 0.1) is 5.92 Å². The van der Waals surface area contributed by atoms with E-state index >= 15 is 0 Å². The molecule has 0 spiro atoms. The molecule has 3 aliphatic heterocycles. The Kier molecular flexibility index (Phi) is 4.86. The number of imide groups is 2. The summed E-state index contributed by atoms with van der Waals surface area (Å²) in [5, 5.41) is 15.0. The number of anilines is 1. The van der Waals surface area contributed by atoms with E-state index in [9.17, 15) is 24.3 Å². The molecule has 0 bridgehead atoms. The first-order valence-electron chi connectivity index (χ1n) is 9.41. The van der Waals surface area contributed by atoms with Crippen LogP contribution in [-0.4, -0.2) is 72.5 Å². The van der Waals surface area contributed by atoms with Crippen LogP contribution in [0.4, 0.5) is 5.69 Å². The minimum atomic E-state index is -0.963. The van der Waals surface area contributed by atoms with Gasteiger partial charge in [-0.05, 0) is 24.6 Å². The molecule has 3 N–H and O–H groups in total. The molecule has 0 saturated carbocycles. The fourth-order valence-electron chi connectivity index (χ4n) is 4.00. The van der Waals surface area contributed by atoms with Gasteiger partial charge in [0.25, 0.3) is 11.8 Å². The Labute approximate surface area is 161 Å². The number of aliphatic hydroxyl groups excluding tert-OH is 1. The SMILES string of the molecule is O=C1CCC(N2C(=O)c3ccc(N4CCNCC(CO)C4)cc3C2=O)C(=O)N1. The maximum Gasteiger partial charge on any atom is 0.262 e. The van der Waals surface area contributed by atoms with Gasteiger partial charge in [-0.1, -0.05) is 0 Å².